The van der Waals surface area contributed by atoms with Gasteiger partial charge in [0.1, 0.15) is 165 Å². The summed E-state index contributed by atoms with van der Waals surface area (Å²) in [5, 5.41) is 251. The van der Waals surface area contributed by atoms with Crippen LogP contribution in [0, 0.1) is 0 Å². The summed E-state index contributed by atoms with van der Waals surface area (Å²) in [7, 11) is 1.21. The molecule has 24 N–H and O–H groups in total. The molecule has 7 unspecified atom stereocenters. The lowest BCUT2D eigenvalue weighted by Gasteiger charge is -2.45. The molecule has 6 saturated heterocycles. The van der Waals surface area contributed by atoms with Gasteiger partial charge in [0.2, 0.25) is 0 Å². The number of hydrogen-bond acceptors (Lipinski definition) is 38. The lowest BCUT2D eigenvalue weighted by Crippen LogP contribution is -2.63. The number of ether oxygens (including phenoxy) is 12. The van der Waals surface area contributed by atoms with Gasteiger partial charge >= 0.3 is 5.97 Å². The molecule has 0 aromatic rings. The van der Waals surface area contributed by atoms with Crippen molar-refractivity contribution in [1.82, 2.24) is 5.06 Å². The van der Waals surface area contributed by atoms with E-state index in [0.29, 0.717) is 0 Å². The van der Waals surface area contributed by atoms with Gasteiger partial charge in [-0.05, 0) is 0 Å². The van der Waals surface area contributed by atoms with Crippen LogP contribution in [-0.4, -0.2) is 409 Å². The van der Waals surface area contributed by atoms with Crippen molar-refractivity contribution in [2.45, 2.75) is 209 Å². The number of aliphatic hydroxyl groups is 23. The number of carboxylic acids is 1. The molecule has 0 radical (unpaired) electrons. The molecule has 0 saturated carbocycles. The average molecular weight is 1240 g/mol. The topological polar surface area (TPSA) is 626 Å². The van der Waals surface area contributed by atoms with Gasteiger partial charge in [-0.1, -0.05) is 0 Å². The van der Waals surface area contributed by atoms with Gasteiger partial charge in [0.15, 0.2) is 44.3 Å². The SMILES string of the molecule is CN(CC(O)[C@@H](O)[C@H](O)[C@H](O)COC1OC(CO[C@@H]2OC(CO[C@@H]3OC(CO[C@@H]4OC(CO[C@@H]5OC(CO[C@@H]6O[C@H](CO)[C@@H](O)[C@H](O)[C@H]6O)[C@@H](O)[C@H](O)[C@H]5O)[C@@H](O)[C@H](O)[C@H]4O)[C@@H](O)[C@H](O)[C@H]3O)[C@@H](O)[C@H](O)[C@H]2O)[C@@H](O)[C@H](O)[C@H]1O)OCC(=O)O. The molecular weight excluding hydrogens is 1160 g/mol. The summed E-state index contributed by atoms with van der Waals surface area (Å²) in [6.45, 7) is -7.18. The Bertz CT molecular complexity index is 1960. The van der Waals surface area contributed by atoms with Crippen LogP contribution >= 0.6 is 0 Å². The fraction of sp³-hybridized carbons (Fsp3) is 0.978. The third kappa shape index (κ3) is 17.1. The van der Waals surface area contributed by atoms with E-state index in [1.165, 1.54) is 7.05 Å². The monoisotopic (exact) mass is 1240 g/mol. The molecule has 6 fully saturated rings. The molecular formula is C45H79NO38. The minimum absolute atomic E-state index is 0.541. The molecule has 0 bridgehead atoms. The first-order valence-corrected chi connectivity index (χ1v) is 26.3. The summed E-state index contributed by atoms with van der Waals surface area (Å²) in [5.74, 6) is -1.35. The van der Waals surface area contributed by atoms with Gasteiger partial charge in [-0.3, -0.25) is 4.84 Å². The van der Waals surface area contributed by atoms with Gasteiger partial charge in [-0.25, -0.2) is 4.79 Å². The van der Waals surface area contributed by atoms with E-state index in [4.69, 9.17) is 66.8 Å². The molecule has 0 amide bonds. The van der Waals surface area contributed by atoms with E-state index in [0.717, 1.165) is 5.06 Å². The summed E-state index contributed by atoms with van der Waals surface area (Å²) in [4.78, 5) is 15.5. The normalized spacial score (nSPS) is 46.6. The summed E-state index contributed by atoms with van der Waals surface area (Å²) >= 11 is 0. The van der Waals surface area contributed by atoms with Crippen LogP contribution in [0.5, 0.6) is 0 Å². The quantitative estimate of drug-likeness (QED) is 0.0340. The zero-order valence-electron chi connectivity index (χ0n) is 44.4. The van der Waals surface area contributed by atoms with Gasteiger partial charge in [-0.2, -0.15) is 5.06 Å². The fourth-order valence-electron chi connectivity index (χ4n) is 9.45. The number of hydroxylamine groups is 2. The molecule has 0 aromatic carbocycles. The van der Waals surface area contributed by atoms with E-state index in [1.54, 1.807) is 0 Å². The third-order valence-corrected chi connectivity index (χ3v) is 14.7. The molecule has 6 aliphatic heterocycles. The number of hydrogen-bond donors (Lipinski definition) is 24. The van der Waals surface area contributed by atoms with Crippen molar-refractivity contribution in [3.63, 3.8) is 0 Å². The zero-order chi connectivity index (χ0) is 62.3. The molecule has 39 nitrogen and oxygen atoms in total. The molecule has 6 heterocycles. The smallest absolute Gasteiger partial charge is 0.331 e. The highest BCUT2D eigenvalue weighted by atomic mass is 16.8. The summed E-state index contributed by atoms with van der Waals surface area (Å²) in [6, 6.07) is 0. The molecule has 6 rings (SSSR count). The Balaban J connectivity index is 0.988. The highest BCUT2D eigenvalue weighted by molar-refractivity contribution is 5.67. The first-order chi connectivity index (χ1) is 39.5. The molecule has 39 heteroatoms. The molecule has 84 heavy (non-hydrogen) atoms. The van der Waals surface area contributed by atoms with E-state index in [9.17, 15) is 122 Å². The zero-order valence-corrected chi connectivity index (χ0v) is 44.4. The lowest BCUT2D eigenvalue weighted by molar-refractivity contribution is -0.352. The van der Waals surface area contributed by atoms with Crippen molar-refractivity contribution in [3.05, 3.63) is 0 Å². The highest BCUT2D eigenvalue weighted by Crippen LogP contribution is 2.32. The second-order valence-electron chi connectivity index (χ2n) is 20.9. The van der Waals surface area contributed by atoms with Crippen LogP contribution in [0.15, 0.2) is 0 Å². The van der Waals surface area contributed by atoms with Gasteiger partial charge < -0.3 is 179 Å². The van der Waals surface area contributed by atoms with E-state index >= 15 is 0 Å². The van der Waals surface area contributed by atoms with Crippen molar-refractivity contribution < 1.29 is 189 Å². The van der Waals surface area contributed by atoms with Crippen LogP contribution in [0.3, 0.4) is 0 Å². The van der Waals surface area contributed by atoms with Gasteiger partial charge in [-0.15, -0.1) is 0 Å². The maximum absolute atomic E-state index is 10.8. The molecule has 0 spiro atoms. The Morgan fingerprint density at radius 1 is 0.369 bits per heavy atom. The number of aliphatic carboxylic acids is 1. The number of likely N-dealkylation sites (N-methyl/N-ethyl adjacent to an activating group) is 1. The Labute approximate surface area is 474 Å². The van der Waals surface area contributed by atoms with Crippen LogP contribution in [0.1, 0.15) is 0 Å². The second-order valence-corrected chi connectivity index (χ2v) is 20.9. The Morgan fingerprint density at radius 2 is 0.607 bits per heavy atom. The predicted molar refractivity (Wildman–Crippen MR) is 253 cm³/mol. The van der Waals surface area contributed by atoms with Crippen LogP contribution in [0.25, 0.3) is 0 Å². The highest BCUT2D eigenvalue weighted by Gasteiger charge is 2.53. The largest absolute Gasteiger partial charge is 0.479 e. The van der Waals surface area contributed by atoms with Crippen LogP contribution in [-0.2, 0) is 66.5 Å². The van der Waals surface area contributed by atoms with E-state index in [-0.39, 0.29) is 0 Å². The number of nitrogens with zero attached hydrogens (tertiary/aromatic N) is 1. The van der Waals surface area contributed by atoms with Crippen LogP contribution < -0.4 is 0 Å². The van der Waals surface area contributed by atoms with Crippen molar-refractivity contribution in [2.75, 3.05) is 66.4 Å². The minimum Gasteiger partial charge on any atom is -0.479 e. The van der Waals surface area contributed by atoms with E-state index in [1.807, 2.05) is 0 Å². The number of aliphatic hydroxyl groups excluding tert-OH is 23. The summed E-state index contributed by atoms with van der Waals surface area (Å²) < 4.78 is 65.9. The predicted octanol–water partition coefficient (Wildman–Crippen LogP) is -16.7. The number of carboxylic acid groups (broad SMARTS) is 1. The standard InChI is InChI=1S/C45H79NO38/c1-46(78-10-19(50)51)2-11(48)20(52)21(53)12(49)4-72-40-35(67)29(61)23(55)14(80-40)6-74-42-37(69)31(63)25(57)16(82-42)8-76-44-39(71)33(65)27(59)18(84-44)9-77-45-38(70)32(64)26(58)17(83-45)7-75-43-36(68)30(62)24(56)15(81-43)5-73-41-34(66)28(60)22(54)13(3-47)79-41/h11-18,20-45,47-49,52-71H,2-10H2,1H3,(H,50,51)/t11?,12-,13-,14?,15?,16?,17?,18?,20-,21-,22-,23-,24-,25-,26-,27-,28+,29+,30+,31+,32+,33+,34-,35-,36-,37-,38-,39-,40?,41-,42-,43-,44-,45-/m1/s1. The van der Waals surface area contributed by atoms with Crippen LogP contribution in [0.2, 0.25) is 0 Å². The third-order valence-electron chi connectivity index (χ3n) is 14.7. The Kier molecular flexibility index (Phi) is 26.8. The fourth-order valence-corrected chi connectivity index (χ4v) is 9.45. The number of rotatable bonds is 27. The van der Waals surface area contributed by atoms with Crippen molar-refractivity contribution in [3.8, 4) is 0 Å². The minimum atomic E-state index is -2.13. The average Bonchev–Trinajstić information content (AvgIpc) is 3.05. The first-order valence-electron chi connectivity index (χ1n) is 26.3. The molecule has 492 valence electrons. The van der Waals surface area contributed by atoms with Gasteiger partial charge in [0.25, 0.3) is 0 Å². The van der Waals surface area contributed by atoms with Crippen molar-refractivity contribution >= 4 is 5.97 Å². The second kappa shape index (κ2) is 31.6. The van der Waals surface area contributed by atoms with Gasteiger partial charge in [0, 0.05) is 7.05 Å². The lowest BCUT2D eigenvalue weighted by atomic mass is 9.97. The molecule has 0 aliphatic carbocycles. The maximum atomic E-state index is 10.8. The summed E-state index contributed by atoms with van der Waals surface area (Å²) in [6.07, 6.45) is -64.4. The van der Waals surface area contributed by atoms with Crippen molar-refractivity contribution in [1.29, 1.82) is 0 Å². The van der Waals surface area contributed by atoms with Gasteiger partial charge in [0.05, 0.1) is 58.9 Å². The number of carbonyl (C=O) groups is 1. The Morgan fingerprint density at radius 3 is 0.869 bits per heavy atom. The van der Waals surface area contributed by atoms with E-state index < -0.39 is 274 Å². The Hall–Kier alpha value is -2.01. The first kappa shape index (κ1) is 71.1. The molecule has 34 atom stereocenters. The van der Waals surface area contributed by atoms with Crippen molar-refractivity contribution in [2.24, 2.45) is 0 Å². The molecule has 0 aromatic heterocycles. The maximum Gasteiger partial charge on any atom is 0.331 e. The summed E-state index contributed by atoms with van der Waals surface area (Å²) in [5.41, 5.74) is 0. The van der Waals surface area contributed by atoms with E-state index in [2.05, 4.69) is 0 Å². The molecule has 6 aliphatic rings. The van der Waals surface area contributed by atoms with Crippen LogP contribution in [0.4, 0.5) is 0 Å².